The molecule has 0 aromatic heterocycles. The zero-order valence-corrected chi connectivity index (χ0v) is 12.8. The Kier molecular flexibility index (Phi) is 4.73. The van der Waals surface area contributed by atoms with Gasteiger partial charge in [0, 0.05) is 18.4 Å². The van der Waals surface area contributed by atoms with Gasteiger partial charge >= 0.3 is 0 Å². The summed E-state index contributed by atoms with van der Waals surface area (Å²) in [6, 6.07) is 10.4. The first kappa shape index (κ1) is 15.0. The molecule has 5 nitrogen and oxygen atoms in total. The second kappa shape index (κ2) is 6.92. The van der Waals surface area contributed by atoms with Gasteiger partial charge in [-0.2, -0.15) is 0 Å². The number of hydrogen-bond acceptors (Lipinski definition) is 3. The molecule has 0 bridgehead atoms. The molecule has 5 heteroatoms. The van der Waals surface area contributed by atoms with E-state index in [2.05, 4.69) is 40.0 Å². The van der Waals surface area contributed by atoms with Gasteiger partial charge in [-0.15, -0.1) is 0 Å². The van der Waals surface area contributed by atoms with E-state index in [9.17, 15) is 9.59 Å². The average Bonchev–Trinajstić information content (AvgIpc) is 3.39. The summed E-state index contributed by atoms with van der Waals surface area (Å²) in [5, 5.41) is 0. The highest BCUT2D eigenvalue weighted by molar-refractivity contribution is 5.85. The van der Waals surface area contributed by atoms with E-state index < -0.39 is 0 Å². The molecule has 2 aliphatic rings. The van der Waals surface area contributed by atoms with Gasteiger partial charge in [0.1, 0.15) is 0 Å². The number of nitrogens with one attached hydrogen (secondary N) is 2. The third-order valence-electron chi connectivity index (χ3n) is 4.46. The summed E-state index contributed by atoms with van der Waals surface area (Å²) in [6.45, 7) is 2.78. The molecule has 1 aromatic rings. The summed E-state index contributed by atoms with van der Waals surface area (Å²) in [5.41, 5.74) is 6.43. The van der Waals surface area contributed by atoms with Crippen LogP contribution in [0.4, 0.5) is 0 Å². The fourth-order valence-electron chi connectivity index (χ4n) is 2.87. The lowest BCUT2D eigenvalue weighted by atomic mass is 9.96. The van der Waals surface area contributed by atoms with E-state index in [1.165, 1.54) is 5.56 Å². The van der Waals surface area contributed by atoms with Gasteiger partial charge in [0.2, 0.25) is 11.8 Å². The van der Waals surface area contributed by atoms with Crippen LogP contribution in [0.15, 0.2) is 30.3 Å². The number of hydrogen-bond donors (Lipinski definition) is 2. The van der Waals surface area contributed by atoms with Crippen molar-refractivity contribution in [2.24, 2.45) is 11.8 Å². The fraction of sp³-hybridized carbons (Fsp3) is 0.529. The molecule has 3 rings (SSSR count). The van der Waals surface area contributed by atoms with Crippen LogP contribution in [0, 0.1) is 11.8 Å². The van der Waals surface area contributed by atoms with Crippen LogP contribution < -0.4 is 10.9 Å². The smallest absolute Gasteiger partial charge is 0.241 e. The maximum Gasteiger partial charge on any atom is 0.241 e. The molecule has 0 unspecified atom stereocenters. The highest BCUT2D eigenvalue weighted by Gasteiger charge is 2.31. The number of rotatable bonds is 4. The van der Waals surface area contributed by atoms with E-state index in [1.54, 1.807) is 0 Å². The summed E-state index contributed by atoms with van der Waals surface area (Å²) >= 11 is 0. The second-order valence-electron chi connectivity index (χ2n) is 6.29. The van der Waals surface area contributed by atoms with Crippen LogP contribution in [0.3, 0.4) is 0 Å². The van der Waals surface area contributed by atoms with Gasteiger partial charge in [-0.05, 0) is 44.3 Å². The van der Waals surface area contributed by atoms with Crippen molar-refractivity contribution < 1.29 is 9.59 Å². The van der Waals surface area contributed by atoms with Gasteiger partial charge in [-0.3, -0.25) is 25.3 Å². The predicted molar refractivity (Wildman–Crippen MR) is 83.5 cm³/mol. The van der Waals surface area contributed by atoms with Gasteiger partial charge in [-0.1, -0.05) is 30.3 Å². The van der Waals surface area contributed by atoms with E-state index in [4.69, 9.17) is 0 Å². The van der Waals surface area contributed by atoms with Crippen LogP contribution in [0.25, 0.3) is 0 Å². The van der Waals surface area contributed by atoms with Gasteiger partial charge in [-0.25, -0.2) is 0 Å². The van der Waals surface area contributed by atoms with Crippen molar-refractivity contribution in [2.45, 2.75) is 32.2 Å². The number of carbonyl (C=O) groups is 2. The zero-order valence-electron chi connectivity index (χ0n) is 12.8. The first-order valence-electron chi connectivity index (χ1n) is 8.08. The lowest BCUT2D eigenvalue weighted by molar-refractivity contribution is -0.132. The van der Waals surface area contributed by atoms with Gasteiger partial charge in [0.05, 0.1) is 0 Å². The summed E-state index contributed by atoms with van der Waals surface area (Å²) in [5.74, 6) is 0.0303. The Morgan fingerprint density at radius 3 is 2.00 bits per heavy atom. The third-order valence-corrected chi connectivity index (χ3v) is 4.46. The second-order valence-corrected chi connectivity index (χ2v) is 6.29. The molecule has 2 amide bonds. The molecule has 1 heterocycles. The molecule has 2 fully saturated rings. The molecule has 1 aromatic carbocycles. The van der Waals surface area contributed by atoms with Crippen LogP contribution >= 0.6 is 0 Å². The number of hydrazine groups is 1. The Balaban J connectivity index is 1.39. The lowest BCUT2D eigenvalue weighted by Crippen LogP contribution is -2.47. The average molecular weight is 301 g/mol. The summed E-state index contributed by atoms with van der Waals surface area (Å²) in [6.07, 6.45) is 3.58. The number of carbonyl (C=O) groups excluding carboxylic acids is 2. The molecule has 118 valence electrons. The van der Waals surface area contributed by atoms with Crippen molar-refractivity contribution in [3.63, 3.8) is 0 Å². The van der Waals surface area contributed by atoms with Crippen LogP contribution in [0.2, 0.25) is 0 Å². The molecule has 2 N–H and O–H groups in total. The summed E-state index contributed by atoms with van der Waals surface area (Å²) in [7, 11) is 0. The minimum Gasteiger partial charge on any atom is -0.299 e. The first-order chi connectivity index (χ1) is 10.7. The molecule has 1 aliphatic carbocycles. The number of benzene rings is 1. The standard InChI is InChI=1S/C17H23N3O2/c21-16(14-6-7-14)18-19-17(22)15-8-10-20(11-9-15)12-13-4-2-1-3-5-13/h1-5,14-15H,6-12H2,(H,18,21)(H,19,22). The van der Waals surface area contributed by atoms with Crippen LogP contribution in [-0.4, -0.2) is 29.8 Å². The molecule has 1 saturated carbocycles. The number of piperidine rings is 1. The third kappa shape index (κ3) is 4.07. The first-order valence-corrected chi connectivity index (χ1v) is 8.08. The van der Waals surface area contributed by atoms with Gasteiger partial charge in [0.15, 0.2) is 0 Å². The van der Waals surface area contributed by atoms with Crippen molar-refractivity contribution in [3.8, 4) is 0 Å². The quantitative estimate of drug-likeness (QED) is 0.828. The maximum atomic E-state index is 12.1. The van der Waals surface area contributed by atoms with E-state index in [1.807, 2.05) is 6.07 Å². The summed E-state index contributed by atoms with van der Waals surface area (Å²) < 4.78 is 0. The topological polar surface area (TPSA) is 61.4 Å². The van der Waals surface area contributed by atoms with Crippen LogP contribution in [-0.2, 0) is 16.1 Å². The highest BCUT2D eigenvalue weighted by Crippen LogP contribution is 2.28. The molecule has 1 aliphatic heterocycles. The van der Waals surface area contributed by atoms with Crippen molar-refractivity contribution in [1.29, 1.82) is 0 Å². The minimum absolute atomic E-state index is 0.00604. The molecular weight excluding hydrogens is 278 g/mol. The van der Waals surface area contributed by atoms with E-state index in [-0.39, 0.29) is 23.7 Å². The number of likely N-dealkylation sites (tertiary alicyclic amines) is 1. The van der Waals surface area contributed by atoms with Crippen molar-refractivity contribution in [3.05, 3.63) is 35.9 Å². The van der Waals surface area contributed by atoms with E-state index in [0.717, 1.165) is 45.3 Å². The monoisotopic (exact) mass is 301 g/mol. The van der Waals surface area contributed by atoms with E-state index >= 15 is 0 Å². The van der Waals surface area contributed by atoms with Crippen LogP contribution in [0.1, 0.15) is 31.2 Å². The highest BCUT2D eigenvalue weighted by atomic mass is 16.2. The Bertz CT molecular complexity index is 520. The molecule has 0 radical (unpaired) electrons. The Hall–Kier alpha value is -1.88. The van der Waals surface area contributed by atoms with Gasteiger partial charge in [0.25, 0.3) is 0 Å². The number of nitrogens with zero attached hydrogens (tertiary/aromatic N) is 1. The Morgan fingerprint density at radius 2 is 1.45 bits per heavy atom. The molecule has 1 saturated heterocycles. The van der Waals surface area contributed by atoms with E-state index in [0.29, 0.717) is 0 Å². The van der Waals surface area contributed by atoms with Crippen molar-refractivity contribution in [1.82, 2.24) is 15.8 Å². The zero-order chi connectivity index (χ0) is 15.4. The summed E-state index contributed by atoms with van der Waals surface area (Å²) in [4.78, 5) is 26.0. The predicted octanol–water partition coefficient (Wildman–Crippen LogP) is 1.46. The largest absolute Gasteiger partial charge is 0.299 e. The fourth-order valence-corrected chi connectivity index (χ4v) is 2.87. The maximum absolute atomic E-state index is 12.1. The number of amides is 2. The molecule has 22 heavy (non-hydrogen) atoms. The Labute approximate surface area is 131 Å². The van der Waals surface area contributed by atoms with Crippen molar-refractivity contribution >= 4 is 11.8 Å². The normalized spacial score (nSPS) is 19.6. The Morgan fingerprint density at radius 1 is 0.909 bits per heavy atom. The van der Waals surface area contributed by atoms with Crippen molar-refractivity contribution in [2.75, 3.05) is 13.1 Å². The minimum atomic E-state index is -0.0478. The molecular formula is C17H23N3O2. The molecule has 0 spiro atoms. The van der Waals surface area contributed by atoms with Crippen LogP contribution in [0.5, 0.6) is 0 Å². The van der Waals surface area contributed by atoms with Gasteiger partial charge < -0.3 is 0 Å². The SMILES string of the molecule is O=C(NNC(=O)C1CCN(Cc2ccccc2)CC1)C1CC1. The lowest BCUT2D eigenvalue weighted by Gasteiger charge is -2.31. The molecule has 0 atom stereocenters.